The largest absolute Gasteiger partial charge is 0.362 e. The first-order chi connectivity index (χ1) is 7.26. The van der Waals surface area contributed by atoms with Crippen LogP contribution < -0.4 is 0 Å². The van der Waals surface area contributed by atoms with Gasteiger partial charge in [-0.05, 0) is 34.6 Å². The van der Waals surface area contributed by atoms with Crippen LogP contribution in [0, 0.1) is 0 Å². The van der Waals surface area contributed by atoms with Gasteiger partial charge in [0.25, 0.3) is 0 Å². The molecule has 0 spiro atoms. The molecule has 2 atom stereocenters. The van der Waals surface area contributed by atoms with Crippen LogP contribution in [-0.4, -0.2) is 29.9 Å². The van der Waals surface area contributed by atoms with Crippen molar-refractivity contribution in [1.29, 1.82) is 0 Å². The molecule has 0 saturated carbocycles. The van der Waals surface area contributed by atoms with Gasteiger partial charge in [-0.2, -0.15) is 0 Å². The van der Waals surface area contributed by atoms with Gasteiger partial charge in [-0.1, -0.05) is 0 Å². The van der Waals surface area contributed by atoms with Gasteiger partial charge in [0.05, 0.1) is 12.2 Å². The number of ether oxygens (including phenoxy) is 1. The highest BCUT2D eigenvalue weighted by molar-refractivity contribution is 7.55. The van der Waals surface area contributed by atoms with E-state index in [9.17, 15) is 9.36 Å². The van der Waals surface area contributed by atoms with Gasteiger partial charge in [-0.15, -0.1) is 0 Å². The molecule has 1 fully saturated rings. The van der Waals surface area contributed by atoms with Crippen molar-refractivity contribution in [2.45, 2.75) is 58.8 Å². The van der Waals surface area contributed by atoms with Crippen molar-refractivity contribution in [3.05, 3.63) is 0 Å². The highest BCUT2D eigenvalue weighted by atomic mass is 31.2. The molecule has 0 aromatic rings. The van der Waals surface area contributed by atoms with E-state index in [1.807, 2.05) is 0 Å². The standard InChI is InChI=1S/C10H19O5P/c1-6(2)14-16(12,15-7(3)4)10-9(13-10)8(5)11/h6-7,9-10H,1-5H3/t9-,10-/m1/s1. The van der Waals surface area contributed by atoms with E-state index in [-0.39, 0.29) is 18.0 Å². The zero-order valence-corrected chi connectivity index (χ0v) is 11.2. The molecule has 1 rings (SSSR count). The topological polar surface area (TPSA) is 65.1 Å². The Labute approximate surface area is 96.0 Å². The summed E-state index contributed by atoms with van der Waals surface area (Å²) in [4.78, 5) is 11.1. The zero-order chi connectivity index (χ0) is 12.5. The van der Waals surface area contributed by atoms with Crippen molar-refractivity contribution < 1.29 is 23.1 Å². The molecule has 94 valence electrons. The lowest BCUT2D eigenvalue weighted by Crippen LogP contribution is -2.14. The minimum Gasteiger partial charge on any atom is -0.348 e. The number of rotatable bonds is 6. The summed E-state index contributed by atoms with van der Waals surface area (Å²) in [6.07, 6.45) is -1.11. The highest BCUT2D eigenvalue weighted by Gasteiger charge is 2.58. The average Bonchev–Trinajstić information content (AvgIpc) is 2.77. The molecule has 1 aliphatic heterocycles. The first-order valence-electron chi connectivity index (χ1n) is 5.38. The predicted octanol–water partition coefficient (Wildman–Crippen LogP) is 2.34. The maximum Gasteiger partial charge on any atom is 0.362 e. The van der Waals surface area contributed by atoms with Crippen molar-refractivity contribution in [2.24, 2.45) is 0 Å². The minimum absolute atomic E-state index is 0.148. The fourth-order valence-corrected chi connectivity index (χ4v) is 3.66. The van der Waals surface area contributed by atoms with E-state index in [0.717, 1.165) is 0 Å². The van der Waals surface area contributed by atoms with E-state index in [0.29, 0.717) is 0 Å². The van der Waals surface area contributed by atoms with Crippen LogP contribution in [0.3, 0.4) is 0 Å². The smallest absolute Gasteiger partial charge is 0.348 e. The number of ketones is 1. The Balaban J connectivity index is 2.73. The van der Waals surface area contributed by atoms with Crippen molar-refractivity contribution >= 4 is 13.4 Å². The molecule has 0 aromatic heterocycles. The Hall–Kier alpha value is -0.220. The van der Waals surface area contributed by atoms with Crippen molar-refractivity contribution in [1.82, 2.24) is 0 Å². The molecule has 0 radical (unpaired) electrons. The molecular formula is C10H19O5P. The van der Waals surface area contributed by atoms with Gasteiger partial charge in [0.1, 0.15) is 0 Å². The van der Waals surface area contributed by atoms with Gasteiger partial charge in [0.15, 0.2) is 17.7 Å². The van der Waals surface area contributed by atoms with Crippen molar-refractivity contribution in [2.75, 3.05) is 0 Å². The van der Waals surface area contributed by atoms with Gasteiger partial charge in [0.2, 0.25) is 0 Å². The lowest BCUT2D eigenvalue weighted by molar-refractivity contribution is -0.118. The zero-order valence-electron chi connectivity index (χ0n) is 10.3. The van der Waals surface area contributed by atoms with Crippen LogP contribution in [0.5, 0.6) is 0 Å². The number of epoxide rings is 1. The number of carbonyl (C=O) groups excluding carboxylic acids is 1. The summed E-state index contributed by atoms with van der Waals surface area (Å²) in [5.41, 5.74) is 0. The SMILES string of the molecule is CC(=O)[C@H]1O[C@@H]1P(=O)(OC(C)C)OC(C)C. The number of carbonyl (C=O) groups is 1. The summed E-state index contributed by atoms with van der Waals surface area (Å²) >= 11 is 0. The maximum atomic E-state index is 12.4. The monoisotopic (exact) mass is 250 g/mol. The first-order valence-corrected chi connectivity index (χ1v) is 7.00. The number of hydrogen-bond donors (Lipinski definition) is 0. The molecule has 0 unspecified atom stereocenters. The van der Waals surface area contributed by atoms with E-state index >= 15 is 0 Å². The molecule has 6 heteroatoms. The number of Topliss-reactive ketones (excluding diaryl/α,β-unsaturated/α-hetero) is 1. The van der Waals surface area contributed by atoms with Crippen LogP contribution in [0.1, 0.15) is 34.6 Å². The molecule has 1 saturated heterocycles. The summed E-state index contributed by atoms with van der Waals surface area (Å²) in [7, 11) is -3.35. The fourth-order valence-electron chi connectivity index (χ4n) is 1.37. The van der Waals surface area contributed by atoms with Crippen LogP contribution in [0.2, 0.25) is 0 Å². The Kier molecular flexibility index (Phi) is 4.29. The quantitative estimate of drug-likeness (QED) is 0.534. The Morgan fingerprint density at radius 1 is 1.19 bits per heavy atom. The molecule has 5 nitrogen and oxygen atoms in total. The molecule has 1 aliphatic rings. The summed E-state index contributed by atoms with van der Waals surface area (Å²) in [6.45, 7) is 8.46. The maximum absolute atomic E-state index is 12.4. The molecule has 0 aliphatic carbocycles. The first kappa shape index (κ1) is 13.8. The lowest BCUT2D eigenvalue weighted by atomic mass is 10.3. The summed E-state index contributed by atoms with van der Waals surface area (Å²) in [5.74, 6) is -0.875. The second kappa shape index (κ2) is 4.96. The van der Waals surface area contributed by atoms with Crippen LogP contribution in [0.4, 0.5) is 0 Å². The third kappa shape index (κ3) is 3.39. The molecular weight excluding hydrogens is 231 g/mol. The predicted molar refractivity (Wildman–Crippen MR) is 59.4 cm³/mol. The second-order valence-corrected chi connectivity index (χ2v) is 6.42. The Morgan fingerprint density at radius 3 is 1.88 bits per heavy atom. The van der Waals surface area contributed by atoms with E-state index in [1.54, 1.807) is 27.7 Å². The van der Waals surface area contributed by atoms with Crippen LogP contribution in [0.25, 0.3) is 0 Å². The van der Waals surface area contributed by atoms with E-state index in [2.05, 4.69) is 0 Å². The molecule has 0 aromatic carbocycles. The lowest BCUT2D eigenvalue weighted by Gasteiger charge is -2.21. The fraction of sp³-hybridized carbons (Fsp3) is 0.900. The number of hydrogen-bond acceptors (Lipinski definition) is 5. The van der Waals surface area contributed by atoms with Crippen molar-refractivity contribution in [3.63, 3.8) is 0 Å². The summed E-state index contributed by atoms with van der Waals surface area (Å²) < 4.78 is 28.1. The van der Waals surface area contributed by atoms with Gasteiger partial charge >= 0.3 is 7.60 Å². The molecule has 1 heterocycles. The van der Waals surface area contributed by atoms with Crippen molar-refractivity contribution in [3.8, 4) is 0 Å². The van der Waals surface area contributed by atoms with E-state index in [1.165, 1.54) is 6.92 Å². The van der Waals surface area contributed by atoms with Gasteiger partial charge < -0.3 is 13.8 Å². The van der Waals surface area contributed by atoms with E-state index < -0.39 is 19.5 Å². The van der Waals surface area contributed by atoms with Gasteiger partial charge in [0, 0.05) is 0 Å². The third-order valence-electron chi connectivity index (χ3n) is 1.90. The van der Waals surface area contributed by atoms with Crippen LogP contribution in [0.15, 0.2) is 0 Å². The summed E-state index contributed by atoms with van der Waals surface area (Å²) in [5, 5.41) is 0. The van der Waals surface area contributed by atoms with Gasteiger partial charge in [-0.3, -0.25) is 9.36 Å². The Morgan fingerprint density at radius 2 is 1.62 bits per heavy atom. The molecule has 0 amide bonds. The summed E-state index contributed by atoms with van der Waals surface area (Å²) in [6, 6.07) is 0. The van der Waals surface area contributed by atoms with E-state index in [4.69, 9.17) is 13.8 Å². The highest BCUT2D eigenvalue weighted by Crippen LogP contribution is 2.62. The van der Waals surface area contributed by atoms with Crippen LogP contribution in [-0.2, 0) is 23.1 Å². The normalized spacial score (nSPS) is 25.2. The van der Waals surface area contributed by atoms with Gasteiger partial charge in [-0.25, -0.2) is 0 Å². The Bertz CT molecular complexity index is 298. The third-order valence-corrected chi connectivity index (χ3v) is 4.34. The minimum atomic E-state index is -3.35. The van der Waals surface area contributed by atoms with Crippen LogP contribution >= 0.6 is 7.60 Å². The molecule has 0 N–H and O–H groups in total. The second-order valence-electron chi connectivity index (χ2n) is 4.41. The average molecular weight is 250 g/mol. The molecule has 0 bridgehead atoms. The molecule has 16 heavy (non-hydrogen) atoms.